The van der Waals surface area contributed by atoms with E-state index in [2.05, 4.69) is 5.32 Å². The molecule has 0 spiro atoms. The van der Waals surface area contributed by atoms with Crippen LogP contribution in [0.3, 0.4) is 0 Å². The summed E-state index contributed by atoms with van der Waals surface area (Å²) in [5.74, 6) is -0.0829. The fourth-order valence-electron chi connectivity index (χ4n) is 1.30. The van der Waals surface area contributed by atoms with E-state index in [1.807, 2.05) is 13.8 Å². The number of nitrogens with one attached hydrogen (secondary N) is 1. The Labute approximate surface area is 113 Å². The lowest BCUT2D eigenvalue weighted by Gasteiger charge is -2.08. The van der Waals surface area contributed by atoms with E-state index in [0.29, 0.717) is 17.1 Å². The highest BCUT2D eigenvalue weighted by molar-refractivity contribution is 6.31. The largest absolute Gasteiger partial charge is 0.352 e. The summed E-state index contributed by atoms with van der Waals surface area (Å²) in [6.07, 6.45) is 0.776. The SMILES string of the molecule is Cc1cc(C(=O)NCCC(C)N)ccc1Cl.Cl. The molecule has 96 valence electrons. The maximum absolute atomic E-state index is 11.7. The van der Waals surface area contributed by atoms with Crippen molar-refractivity contribution in [1.29, 1.82) is 0 Å². The van der Waals surface area contributed by atoms with Crippen molar-refractivity contribution < 1.29 is 4.79 Å². The Hall–Kier alpha value is -0.770. The van der Waals surface area contributed by atoms with E-state index in [1.165, 1.54) is 0 Å². The van der Waals surface area contributed by atoms with E-state index in [1.54, 1.807) is 18.2 Å². The number of aryl methyl sites for hydroxylation is 1. The van der Waals surface area contributed by atoms with Gasteiger partial charge in [0.05, 0.1) is 0 Å². The van der Waals surface area contributed by atoms with Crippen LogP contribution in [0.25, 0.3) is 0 Å². The summed E-state index contributed by atoms with van der Waals surface area (Å²) in [6.45, 7) is 4.39. The first-order chi connectivity index (χ1) is 7.50. The first-order valence-electron chi connectivity index (χ1n) is 5.30. The first-order valence-corrected chi connectivity index (χ1v) is 5.68. The van der Waals surface area contributed by atoms with Crippen molar-refractivity contribution in [2.24, 2.45) is 5.73 Å². The molecule has 3 nitrogen and oxygen atoms in total. The molecule has 1 aromatic rings. The van der Waals surface area contributed by atoms with Crippen molar-refractivity contribution in [2.45, 2.75) is 26.3 Å². The van der Waals surface area contributed by atoms with Crippen LogP contribution in [0.1, 0.15) is 29.3 Å². The highest BCUT2D eigenvalue weighted by Crippen LogP contribution is 2.16. The Balaban J connectivity index is 0.00000256. The van der Waals surface area contributed by atoms with E-state index in [0.717, 1.165) is 12.0 Å². The van der Waals surface area contributed by atoms with Crippen LogP contribution in [0.2, 0.25) is 5.02 Å². The van der Waals surface area contributed by atoms with E-state index in [-0.39, 0.29) is 24.4 Å². The fourth-order valence-corrected chi connectivity index (χ4v) is 1.42. The monoisotopic (exact) mass is 276 g/mol. The van der Waals surface area contributed by atoms with Crippen molar-refractivity contribution in [3.63, 3.8) is 0 Å². The molecule has 0 saturated carbocycles. The van der Waals surface area contributed by atoms with Crippen LogP contribution in [0.4, 0.5) is 0 Å². The minimum absolute atomic E-state index is 0. The maximum Gasteiger partial charge on any atom is 0.251 e. The van der Waals surface area contributed by atoms with Gasteiger partial charge in [-0.2, -0.15) is 0 Å². The van der Waals surface area contributed by atoms with E-state index >= 15 is 0 Å². The topological polar surface area (TPSA) is 55.1 Å². The number of nitrogens with two attached hydrogens (primary N) is 1. The van der Waals surface area contributed by atoms with Gasteiger partial charge in [0, 0.05) is 23.2 Å². The van der Waals surface area contributed by atoms with Gasteiger partial charge in [-0.25, -0.2) is 0 Å². The smallest absolute Gasteiger partial charge is 0.251 e. The molecule has 0 aliphatic heterocycles. The van der Waals surface area contributed by atoms with Gasteiger partial charge in [0.15, 0.2) is 0 Å². The number of carbonyl (C=O) groups is 1. The molecule has 1 atom stereocenters. The van der Waals surface area contributed by atoms with Crippen molar-refractivity contribution >= 4 is 29.9 Å². The number of amides is 1. The summed E-state index contributed by atoms with van der Waals surface area (Å²) in [5, 5.41) is 3.49. The number of hydrogen-bond acceptors (Lipinski definition) is 2. The molecule has 1 rings (SSSR count). The molecule has 0 heterocycles. The first kappa shape index (κ1) is 16.2. The molecule has 5 heteroatoms. The molecule has 3 N–H and O–H groups in total. The van der Waals surface area contributed by atoms with Gasteiger partial charge in [-0.15, -0.1) is 12.4 Å². The van der Waals surface area contributed by atoms with Gasteiger partial charge < -0.3 is 11.1 Å². The Bertz CT molecular complexity index is 381. The number of benzene rings is 1. The zero-order valence-electron chi connectivity index (χ0n) is 10.00. The summed E-state index contributed by atoms with van der Waals surface area (Å²) in [7, 11) is 0. The van der Waals surface area contributed by atoms with Crippen molar-refractivity contribution in [1.82, 2.24) is 5.32 Å². The molecule has 1 aromatic carbocycles. The van der Waals surface area contributed by atoms with Gasteiger partial charge >= 0.3 is 0 Å². The molecule has 0 aliphatic rings. The molecule has 1 unspecified atom stereocenters. The molecule has 0 saturated heterocycles. The number of hydrogen-bond donors (Lipinski definition) is 2. The van der Waals surface area contributed by atoms with Gasteiger partial charge in [0.25, 0.3) is 5.91 Å². The maximum atomic E-state index is 11.7. The van der Waals surface area contributed by atoms with Crippen LogP contribution in [0.15, 0.2) is 18.2 Å². The highest BCUT2D eigenvalue weighted by atomic mass is 35.5. The summed E-state index contributed by atoms with van der Waals surface area (Å²) in [4.78, 5) is 11.7. The minimum Gasteiger partial charge on any atom is -0.352 e. The molecule has 0 aliphatic carbocycles. The predicted octanol–water partition coefficient (Wildman–Crippen LogP) is 2.54. The zero-order valence-corrected chi connectivity index (χ0v) is 11.6. The van der Waals surface area contributed by atoms with Crippen LogP contribution >= 0.6 is 24.0 Å². The Morgan fingerprint density at radius 3 is 2.71 bits per heavy atom. The van der Waals surface area contributed by atoms with E-state index in [9.17, 15) is 4.79 Å². The van der Waals surface area contributed by atoms with Crippen LogP contribution in [-0.2, 0) is 0 Å². The Morgan fingerprint density at radius 2 is 2.18 bits per heavy atom. The third-order valence-corrected chi connectivity index (χ3v) is 2.73. The molecular weight excluding hydrogens is 259 g/mol. The lowest BCUT2D eigenvalue weighted by atomic mass is 10.1. The standard InChI is InChI=1S/C12H17ClN2O.ClH/c1-8-7-10(3-4-11(8)13)12(16)15-6-5-9(2)14;/h3-4,7,9H,5-6,14H2,1-2H3,(H,15,16);1H. The van der Waals surface area contributed by atoms with Crippen molar-refractivity contribution in [2.75, 3.05) is 6.54 Å². The lowest BCUT2D eigenvalue weighted by molar-refractivity contribution is 0.0952. The molecule has 17 heavy (non-hydrogen) atoms. The van der Waals surface area contributed by atoms with Gasteiger partial charge in [0.1, 0.15) is 0 Å². The third kappa shape index (κ3) is 5.39. The number of rotatable bonds is 4. The van der Waals surface area contributed by atoms with Crippen LogP contribution < -0.4 is 11.1 Å². The third-order valence-electron chi connectivity index (χ3n) is 2.31. The quantitative estimate of drug-likeness (QED) is 0.888. The highest BCUT2D eigenvalue weighted by Gasteiger charge is 2.06. The molecule has 1 amide bonds. The molecular formula is C12H18Cl2N2O. The van der Waals surface area contributed by atoms with Gasteiger partial charge in [-0.3, -0.25) is 4.79 Å². The zero-order chi connectivity index (χ0) is 12.1. The summed E-state index contributed by atoms with van der Waals surface area (Å²) in [6, 6.07) is 5.34. The van der Waals surface area contributed by atoms with Gasteiger partial charge in [-0.05, 0) is 44.0 Å². The molecule has 0 fully saturated rings. The second-order valence-electron chi connectivity index (χ2n) is 3.99. The number of halogens is 2. The van der Waals surface area contributed by atoms with Crippen LogP contribution in [0.5, 0.6) is 0 Å². The summed E-state index contributed by atoms with van der Waals surface area (Å²) in [5.41, 5.74) is 7.13. The van der Waals surface area contributed by atoms with Crippen LogP contribution in [-0.4, -0.2) is 18.5 Å². The van der Waals surface area contributed by atoms with Crippen molar-refractivity contribution in [3.05, 3.63) is 34.3 Å². The van der Waals surface area contributed by atoms with Crippen LogP contribution in [0, 0.1) is 6.92 Å². The second kappa shape index (κ2) is 7.54. The Kier molecular flexibility index (Phi) is 7.19. The van der Waals surface area contributed by atoms with E-state index in [4.69, 9.17) is 17.3 Å². The average Bonchev–Trinajstić information content (AvgIpc) is 2.21. The van der Waals surface area contributed by atoms with Gasteiger partial charge in [-0.1, -0.05) is 11.6 Å². The van der Waals surface area contributed by atoms with Gasteiger partial charge in [0.2, 0.25) is 0 Å². The second-order valence-corrected chi connectivity index (χ2v) is 4.39. The van der Waals surface area contributed by atoms with Crippen molar-refractivity contribution in [3.8, 4) is 0 Å². The molecule has 0 bridgehead atoms. The molecule has 0 aromatic heterocycles. The minimum atomic E-state index is -0.0829. The average molecular weight is 277 g/mol. The molecule has 0 radical (unpaired) electrons. The summed E-state index contributed by atoms with van der Waals surface area (Å²) >= 11 is 5.88. The van der Waals surface area contributed by atoms with E-state index < -0.39 is 0 Å². The summed E-state index contributed by atoms with van der Waals surface area (Å²) < 4.78 is 0. The fraction of sp³-hybridized carbons (Fsp3) is 0.417. The predicted molar refractivity (Wildman–Crippen MR) is 74.0 cm³/mol. The number of carbonyl (C=O) groups excluding carboxylic acids is 1. The lowest BCUT2D eigenvalue weighted by Crippen LogP contribution is -2.28. The Morgan fingerprint density at radius 1 is 1.53 bits per heavy atom. The normalized spacial score (nSPS) is 11.5.